The fraction of sp³-hybridized carbons (Fsp3) is 0.526. The van der Waals surface area contributed by atoms with Crippen LogP contribution in [0.1, 0.15) is 11.1 Å². The maximum atomic E-state index is 13.1. The summed E-state index contributed by atoms with van der Waals surface area (Å²) in [4.78, 5) is 25.9. The van der Waals surface area contributed by atoms with E-state index in [-0.39, 0.29) is 23.0 Å². The van der Waals surface area contributed by atoms with Crippen LogP contribution in [-0.2, 0) is 38.0 Å². The van der Waals surface area contributed by atoms with Crippen molar-refractivity contribution >= 4 is 24.1 Å². The normalized spacial score (nSPS) is 34.4. The average Bonchev–Trinajstić information content (AvgIpc) is 3.51. The molecule has 3 aliphatic rings. The van der Waals surface area contributed by atoms with Crippen molar-refractivity contribution in [3.63, 3.8) is 0 Å². The predicted molar refractivity (Wildman–Crippen MR) is 197 cm³/mol. The number of phenolic OH excluding ortho intramolecular Hbond substituents is 1. The Hall–Kier alpha value is -4.50. The molecule has 60 heavy (non-hydrogen) atoms. The Morgan fingerprint density at radius 1 is 0.667 bits per heavy atom. The average molecular weight is 857 g/mol. The van der Waals surface area contributed by atoms with Crippen LogP contribution >= 0.6 is 0 Å². The van der Waals surface area contributed by atoms with Gasteiger partial charge in [0.05, 0.1) is 27.4 Å². The molecule has 22 heteroatoms. The minimum atomic E-state index is -2.57. The fourth-order valence-corrected chi connectivity index (χ4v) is 6.44. The highest BCUT2D eigenvalue weighted by atomic mass is 16.8. The summed E-state index contributed by atoms with van der Waals surface area (Å²) in [6, 6.07) is 8.43. The number of carbonyl (C=O) groups excluding carboxylic acids is 2. The molecule has 2 aromatic rings. The molecule has 3 fully saturated rings. The minimum absolute atomic E-state index is 0.0264. The SMILES string of the molecule is COc1cc(C=CC(=O)OC2C(O)C(COC(=O)C=Cc3ccc(OC4OC(CO)C(O)C(O)C4O)c(OC)c3)OC2(CO)OC2OC(CO)C(O)C(O)C2O)ccc1O. The second kappa shape index (κ2) is 20.4. The second-order valence-electron chi connectivity index (χ2n) is 13.7. The third kappa shape index (κ3) is 10.3. The second-order valence-corrected chi connectivity index (χ2v) is 13.7. The zero-order chi connectivity index (χ0) is 43.9. The van der Waals surface area contributed by atoms with Gasteiger partial charge in [0, 0.05) is 12.2 Å². The van der Waals surface area contributed by atoms with E-state index < -0.39 is 124 Å². The molecule has 3 heterocycles. The van der Waals surface area contributed by atoms with E-state index in [1.165, 1.54) is 62.8 Å². The number of rotatable bonds is 16. The molecule has 0 aliphatic carbocycles. The molecule has 22 nitrogen and oxygen atoms in total. The van der Waals surface area contributed by atoms with Crippen LogP contribution in [0.2, 0.25) is 0 Å². The Bertz CT molecular complexity index is 1820. The van der Waals surface area contributed by atoms with E-state index in [0.29, 0.717) is 11.1 Å². The summed E-state index contributed by atoms with van der Waals surface area (Å²) in [5.74, 6) is -4.63. The van der Waals surface area contributed by atoms with Crippen molar-refractivity contribution in [2.24, 2.45) is 0 Å². The van der Waals surface area contributed by atoms with E-state index in [2.05, 4.69) is 0 Å². The summed E-state index contributed by atoms with van der Waals surface area (Å²) in [6.45, 7) is -3.45. The van der Waals surface area contributed by atoms with Gasteiger partial charge in [0.1, 0.15) is 74.3 Å². The van der Waals surface area contributed by atoms with Crippen molar-refractivity contribution in [3.8, 4) is 23.0 Å². The summed E-state index contributed by atoms with van der Waals surface area (Å²) in [7, 11) is 2.62. The third-order valence-corrected chi connectivity index (χ3v) is 9.80. The van der Waals surface area contributed by atoms with E-state index in [4.69, 9.17) is 42.6 Å². The van der Waals surface area contributed by atoms with Crippen molar-refractivity contribution in [2.75, 3.05) is 40.6 Å². The Labute approximate surface area is 341 Å². The van der Waals surface area contributed by atoms with E-state index in [1.54, 1.807) is 0 Å². The van der Waals surface area contributed by atoms with Gasteiger partial charge in [-0.05, 0) is 47.5 Å². The van der Waals surface area contributed by atoms with Gasteiger partial charge in [-0.25, -0.2) is 9.59 Å². The van der Waals surface area contributed by atoms with Gasteiger partial charge in [-0.3, -0.25) is 0 Å². The topological polar surface area (TPSA) is 340 Å². The van der Waals surface area contributed by atoms with Crippen LogP contribution in [0.4, 0.5) is 0 Å². The van der Waals surface area contributed by atoms with Crippen LogP contribution in [0.3, 0.4) is 0 Å². The Kier molecular flexibility index (Phi) is 15.8. The van der Waals surface area contributed by atoms with Gasteiger partial charge in [-0.1, -0.05) is 12.1 Å². The molecule has 5 rings (SSSR count). The number of ether oxygens (including phenoxy) is 9. The lowest BCUT2D eigenvalue weighted by Gasteiger charge is -2.43. The van der Waals surface area contributed by atoms with E-state index in [0.717, 1.165) is 12.2 Å². The highest BCUT2D eigenvalue weighted by Gasteiger charge is 2.61. The standard InChI is InChI=1S/C38H48O22/c1-52-21-11-17(3-7-19(21)42)6-10-27(44)58-35-30(47)25(59-38(35,16-41)60-37-34(51)32(49)29(46)24(14-40)57-37)15-54-26(43)9-5-18-4-8-20(22(12-18)53-2)55-36-33(50)31(48)28(45)23(13-39)56-36/h3-12,23-25,28-37,39-42,45-51H,13-16H2,1-2H3. The Morgan fingerprint density at radius 2 is 1.22 bits per heavy atom. The van der Waals surface area contributed by atoms with Crippen molar-refractivity contribution in [2.45, 2.75) is 85.5 Å². The monoisotopic (exact) mass is 856 g/mol. The molecule has 0 spiro atoms. The number of esters is 2. The lowest BCUT2D eigenvalue weighted by molar-refractivity contribution is -0.383. The third-order valence-electron chi connectivity index (χ3n) is 9.80. The molecular weight excluding hydrogens is 808 g/mol. The number of hydrogen-bond acceptors (Lipinski definition) is 22. The molecule has 3 saturated heterocycles. The zero-order valence-corrected chi connectivity index (χ0v) is 32.0. The molecule has 3 aliphatic heterocycles. The predicted octanol–water partition coefficient (Wildman–Crippen LogP) is -3.97. The summed E-state index contributed by atoms with van der Waals surface area (Å²) >= 11 is 0. The number of methoxy groups -OCH3 is 2. The molecule has 0 amide bonds. The molecule has 0 bridgehead atoms. The summed E-state index contributed by atoms with van der Waals surface area (Å²) in [5.41, 5.74) is 0.740. The molecule has 14 atom stereocenters. The number of phenols is 1. The molecule has 0 aromatic heterocycles. The Morgan fingerprint density at radius 3 is 1.80 bits per heavy atom. The first-order valence-corrected chi connectivity index (χ1v) is 18.3. The van der Waals surface area contributed by atoms with Gasteiger partial charge in [-0.2, -0.15) is 0 Å². The fourth-order valence-electron chi connectivity index (χ4n) is 6.44. The van der Waals surface area contributed by atoms with Crippen LogP contribution in [0, 0.1) is 0 Å². The van der Waals surface area contributed by atoms with Crippen molar-refractivity contribution in [1.29, 1.82) is 0 Å². The van der Waals surface area contributed by atoms with Crippen LogP contribution < -0.4 is 14.2 Å². The Balaban J connectivity index is 1.29. The summed E-state index contributed by atoms with van der Waals surface area (Å²) < 4.78 is 49.0. The number of aromatic hydroxyl groups is 1. The van der Waals surface area contributed by atoms with Crippen molar-refractivity contribution in [3.05, 3.63) is 59.7 Å². The first-order chi connectivity index (χ1) is 28.6. The van der Waals surface area contributed by atoms with Gasteiger partial charge in [0.25, 0.3) is 0 Å². The molecule has 332 valence electrons. The van der Waals surface area contributed by atoms with Crippen LogP contribution in [0.25, 0.3) is 12.2 Å². The highest BCUT2D eigenvalue weighted by Crippen LogP contribution is 2.39. The largest absolute Gasteiger partial charge is 0.504 e. The van der Waals surface area contributed by atoms with E-state index in [1.807, 2.05) is 0 Å². The first kappa shape index (κ1) is 46.6. The maximum absolute atomic E-state index is 13.1. The number of aliphatic hydroxyl groups is 10. The first-order valence-electron chi connectivity index (χ1n) is 18.3. The zero-order valence-electron chi connectivity index (χ0n) is 32.0. The van der Waals surface area contributed by atoms with Gasteiger partial charge in [0.2, 0.25) is 12.1 Å². The lowest BCUT2D eigenvalue weighted by atomic mass is 9.99. The number of benzene rings is 2. The number of aliphatic hydroxyl groups excluding tert-OH is 10. The molecular formula is C38H48O22. The lowest BCUT2D eigenvalue weighted by Crippen LogP contribution is -2.63. The highest BCUT2D eigenvalue weighted by molar-refractivity contribution is 5.88. The van der Waals surface area contributed by atoms with Crippen molar-refractivity contribution < 1.29 is 108 Å². The number of carbonyl (C=O) groups is 2. The van der Waals surface area contributed by atoms with Crippen LogP contribution in [0.5, 0.6) is 23.0 Å². The van der Waals surface area contributed by atoms with Crippen LogP contribution in [-0.4, -0.2) is 194 Å². The molecule has 11 N–H and O–H groups in total. The van der Waals surface area contributed by atoms with Gasteiger partial charge >= 0.3 is 11.9 Å². The van der Waals surface area contributed by atoms with Crippen molar-refractivity contribution in [1.82, 2.24) is 0 Å². The van der Waals surface area contributed by atoms with Gasteiger partial charge < -0.3 is 98.8 Å². The molecule has 0 saturated carbocycles. The van der Waals surface area contributed by atoms with E-state index in [9.17, 15) is 65.8 Å². The van der Waals surface area contributed by atoms with Crippen LogP contribution in [0.15, 0.2) is 48.6 Å². The molecule has 0 radical (unpaired) electrons. The quantitative estimate of drug-likeness (QED) is 0.0567. The maximum Gasteiger partial charge on any atom is 0.331 e. The van der Waals surface area contributed by atoms with Gasteiger partial charge in [-0.15, -0.1) is 0 Å². The molecule has 14 unspecified atom stereocenters. The summed E-state index contributed by atoms with van der Waals surface area (Å²) in [6.07, 6.45) is -17.8. The number of hydrogen-bond donors (Lipinski definition) is 11. The smallest absolute Gasteiger partial charge is 0.331 e. The molecule has 2 aromatic carbocycles. The minimum Gasteiger partial charge on any atom is -0.504 e. The van der Waals surface area contributed by atoms with Gasteiger partial charge in [0.15, 0.2) is 35.4 Å². The summed E-state index contributed by atoms with van der Waals surface area (Å²) in [5, 5.41) is 112. The van der Waals surface area contributed by atoms with E-state index >= 15 is 0 Å².